The number of benzene rings is 1. The Bertz CT molecular complexity index is 664. The van der Waals surface area contributed by atoms with E-state index in [4.69, 9.17) is 20.9 Å². The first kappa shape index (κ1) is 16.4. The lowest BCUT2D eigenvalue weighted by Gasteiger charge is -2.14. The highest BCUT2D eigenvalue weighted by atomic mass is 79.9. The summed E-state index contributed by atoms with van der Waals surface area (Å²) in [5.41, 5.74) is 13.2. The standard InChI is InChI=1S/C15H19BrN4O2/c1-3-4-22-12-7-9(6-11(16)13(12)21-2)5-10-8-19-15(18)20-14(10)17/h6-8H,3-5H2,1-2H3,(H4,17,18,19,20). The number of aromatic nitrogens is 2. The number of methoxy groups -OCH3 is 1. The molecule has 118 valence electrons. The summed E-state index contributed by atoms with van der Waals surface area (Å²) in [6.07, 6.45) is 3.14. The van der Waals surface area contributed by atoms with E-state index in [1.807, 2.05) is 12.1 Å². The molecular weight excluding hydrogens is 348 g/mol. The summed E-state index contributed by atoms with van der Waals surface area (Å²) in [5.74, 6) is 1.93. The molecule has 0 radical (unpaired) electrons. The van der Waals surface area contributed by atoms with E-state index in [0.29, 0.717) is 30.3 Å². The van der Waals surface area contributed by atoms with Gasteiger partial charge in [-0.1, -0.05) is 6.92 Å². The Hall–Kier alpha value is -2.02. The number of rotatable bonds is 6. The fourth-order valence-electron chi connectivity index (χ4n) is 2.03. The van der Waals surface area contributed by atoms with Crippen LogP contribution < -0.4 is 20.9 Å². The van der Waals surface area contributed by atoms with Crippen LogP contribution in [-0.4, -0.2) is 23.7 Å². The molecule has 7 heteroatoms. The molecule has 6 nitrogen and oxygen atoms in total. The van der Waals surface area contributed by atoms with Crippen LogP contribution in [0.4, 0.5) is 11.8 Å². The van der Waals surface area contributed by atoms with Gasteiger partial charge in [-0.3, -0.25) is 0 Å². The van der Waals surface area contributed by atoms with Crippen molar-refractivity contribution in [1.29, 1.82) is 0 Å². The summed E-state index contributed by atoms with van der Waals surface area (Å²) < 4.78 is 12.0. The Kier molecular flexibility index (Phi) is 5.43. The predicted octanol–water partition coefficient (Wildman–Crippen LogP) is 2.79. The Balaban J connectivity index is 2.32. The molecule has 0 saturated carbocycles. The molecule has 0 fully saturated rings. The van der Waals surface area contributed by atoms with Gasteiger partial charge in [-0.05, 0) is 40.0 Å². The molecule has 0 aliphatic rings. The minimum Gasteiger partial charge on any atom is -0.492 e. The van der Waals surface area contributed by atoms with Gasteiger partial charge in [0.05, 0.1) is 18.2 Å². The summed E-state index contributed by atoms with van der Waals surface area (Å²) in [6.45, 7) is 2.68. The molecule has 22 heavy (non-hydrogen) atoms. The van der Waals surface area contributed by atoms with Crippen molar-refractivity contribution < 1.29 is 9.47 Å². The van der Waals surface area contributed by atoms with Crippen LogP contribution in [0.1, 0.15) is 24.5 Å². The molecule has 0 bridgehead atoms. The molecule has 1 aromatic carbocycles. The first-order chi connectivity index (χ1) is 10.5. The third-order valence-electron chi connectivity index (χ3n) is 3.05. The van der Waals surface area contributed by atoms with Gasteiger partial charge < -0.3 is 20.9 Å². The monoisotopic (exact) mass is 366 g/mol. The summed E-state index contributed by atoms with van der Waals surface area (Å²) >= 11 is 3.51. The minimum absolute atomic E-state index is 0.170. The van der Waals surface area contributed by atoms with Crippen molar-refractivity contribution >= 4 is 27.7 Å². The number of anilines is 2. The van der Waals surface area contributed by atoms with E-state index in [-0.39, 0.29) is 5.95 Å². The van der Waals surface area contributed by atoms with Gasteiger partial charge in [-0.15, -0.1) is 0 Å². The van der Waals surface area contributed by atoms with Gasteiger partial charge in [0.25, 0.3) is 0 Å². The quantitative estimate of drug-likeness (QED) is 0.815. The second-order valence-electron chi connectivity index (χ2n) is 4.77. The zero-order valence-corrected chi connectivity index (χ0v) is 14.2. The molecule has 2 rings (SSSR count). The van der Waals surface area contributed by atoms with E-state index in [9.17, 15) is 0 Å². The maximum atomic E-state index is 5.88. The molecule has 0 aliphatic carbocycles. The van der Waals surface area contributed by atoms with Crippen LogP contribution in [0.3, 0.4) is 0 Å². The van der Waals surface area contributed by atoms with E-state index in [0.717, 1.165) is 22.0 Å². The first-order valence-corrected chi connectivity index (χ1v) is 7.70. The third-order valence-corrected chi connectivity index (χ3v) is 3.64. The molecule has 4 N–H and O–H groups in total. The Morgan fingerprint density at radius 1 is 1.27 bits per heavy atom. The Morgan fingerprint density at radius 3 is 2.68 bits per heavy atom. The average Bonchev–Trinajstić information content (AvgIpc) is 2.47. The molecular formula is C15H19BrN4O2. The maximum Gasteiger partial charge on any atom is 0.221 e. The Morgan fingerprint density at radius 2 is 2.05 bits per heavy atom. The largest absolute Gasteiger partial charge is 0.492 e. The van der Waals surface area contributed by atoms with Crippen molar-refractivity contribution in [3.05, 3.63) is 33.9 Å². The van der Waals surface area contributed by atoms with Crippen molar-refractivity contribution in [1.82, 2.24) is 9.97 Å². The van der Waals surface area contributed by atoms with Crippen molar-refractivity contribution in [2.75, 3.05) is 25.2 Å². The lowest BCUT2D eigenvalue weighted by molar-refractivity contribution is 0.293. The molecule has 0 saturated heterocycles. The van der Waals surface area contributed by atoms with Crippen LogP contribution in [0.2, 0.25) is 0 Å². The molecule has 1 aromatic heterocycles. The fraction of sp³-hybridized carbons (Fsp3) is 0.333. The number of nitrogens with two attached hydrogens (primary N) is 2. The summed E-state index contributed by atoms with van der Waals surface area (Å²) in [5, 5.41) is 0. The van der Waals surface area contributed by atoms with Gasteiger partial charge in [0.15, 0.2) is 11.5 Å². The van der Waals surface area contributed by atoms with E-state index in [1.165, 1.54) is 0 Å². The number of hydrogen-bond acceptors (Lipinski definition) is 6. The van der Waals surface area contributed by atoms with Crippen molar-refractivity contribution in [3.8, 4) is 11.5 Å². The van der Waals surface area contributed by atoms with Crippen LogP contribution in [0, 0.1) is 0 Å². The second-order valence-corrected chi connectivity index (χ2v) is 5.63. The molecule has 0 aliphatic heterocycles. The van der Waals surface area contributed by atoms with E-state index in [1.54, 1.807) is 13.3 Å². The van der Waals surface area contributed by atoms with Gasteiger partial charge in [0.2, 0.25) is 5.95 Å². The van der Waals surface area contributed by atoms with Crippen LogP contribution in [0.25, 0.3) is 0 Å². The van der Waals surface area contributed by atoms with Gasteiger partial charge in [0.1, 0.15) is 5.82 Å². The molecule has 0 unspecified atom stereocenters. The minimum atomic E-state index is 0.170. The second kappa shape index (κ2) is 7.31. The van der Waals surface area contributed by atoms with Crippen LogP contribution in [0.5, 0.6) is 11.5 Å². The molecule has 1 heterocycles. The van der Waals surface area contributed by atoms with Gasteiger partial charge >= 0.3 is 0 Å². The normalized spacial score (nSPS) is 10.5. The number of nitrogens with zero attached hydrogens (tertiary/aromatic N) is 2. The summed E-state index contributed by atoms with van der Waals surface area (Å²) in [4.78, 5) is 7.96. The number of halogens is 1. The molecule has 0 amide bonds. The lowest BCUT2D eigenvalue weighted by Crippen LogP contribution is -2.05. The van der Waals surface area contributed by atoms with Crippen molar-refractivity contribution in [2.45, 2.75) is 19.8 Å². The van der Waals surface area contributed by atoms with Gasteiger partial charge in [0, 0.05) is 18.2 Å². The summed E-state index contributed by atoms with van der Waals surface area (Å²) in [6, 6.07) is 3.91. The SMILES string of the molecule is CCCOc1cc(Cc2cnc(N)nc2N)cc(Br)c1OC. The first-order valence-electron chi connectivity index (χ1n) is 6.91. The lowest BCUT2D eigenvalue weighted by atomic mass is 10.1. The highest BCUT2D eigenvalue weighted by Crippen LogP contribution is 2.37. The van der Waals surface area contributed by atoms with E-state index < -0.39 is 0 Å². The summed E-state index contributed by atoms with van der Waals surface area (Å²) in [7, 11) is 1.62. The zero-order chi connectivity index (χ0) is 16.1. The zero-order valence-electron chi connectivity index (χ0n) is 12.6. The molecule has 0 spiro atoms. The van der Waals surface area contributed by atoms with Gasteiger partial charge in [-0.25, -0.2) is 4.98 Å². The smallest absolute Gasteiger partial charge is 0.221 e. The molecule has 2 aromatic rings. The van der Waals surface area contributed by atoms with E-state index in [2.05, 4.69) is 32.8 Å². The number of hydrogen-bond donors (Lipinski definition) is 2. The third kappa shape index (κ3) is 3.79. The fourth-order valence-corrected chi connectivity index (χ4v) is 2.68. The average molecular weight is 367 g/mol. The maximum absolute atomic E-state index is 5.88. The van der Waals surface area contributed by atoms with E-state index >= 15 is 0 Å². The predicted molar refractivity (Wildman–Crippen MR) is 90.1 cm³/mol. The van der Waals surface area contributed by atoms with Crippen molar-refractivity contribution in [2.24, 2.45) is 0 Å². The van der Waals surface area contributed by atoms with Gasteiger partial charge in [-0.2, -0.15) is 4.98 Å². The molecule has 0 atom stereocenters. The van der Waals surface area contributed by atoms with Crippen molar-refractivity contribution in [3.63, 3.8) is 0 Å². The highest BCUT2D eigenvalue weighted by Gasteiger charge is 2.13. The van der Waals surface area contributed by atoms with Crippen LogP contribution in [-0.2, 0) is 6.42 Å². The topological polar surface area (TPSA) is 96.3 Å². The Labute approximate surface area is 138 Å². The van der Waals surface area contributed by atoms with Crippen LogP contribution >= 0.6 is 15.9 Å². The number of ether oxygens (including phenoxy) is 2. The number of nitrogen functional groups attached to an aromatic ring is 2. The van der Waals surface area contributed by atoms with Crippen LogP contribution in [0.15, 0.2) is 22.8 Å². The highest BCUT2D eigenvalue weighted by molar-refractivity contribution is 9.10.